The van der Waals surface area contributed by atoms with Gasteiger partial charge in [-0.25, -0.2) is 5.06 Å². The first-order valence-corrected chi connectivity index (χ1v) is 9.54. The monoisotopic (exact) mass is 385 g/mol. The van der Waals surface area contributed by atoms with Gasteiger partial charge < -0.3 is 0 Å². The number of rotatable bonds is 4. The van der Waals surface area contributed by atoms with Gasteiger partial charge in [-0.3, -0.25) is 24.3 Å². The number of benzene rings is 2. The highest BCUT2D eigenvalue weighted by Crippen LogP contribution is 2.46. The van der Waals surface area contributed by atoms with Crippen LogP contribution < -0.4 is 5.06 Å². The third-order valence-electron chi connectivity index (χ3n) is 5.45. The number of nitrogens with zero attached hydrogens (tertiary/aromatic N) is 3. The number of fused-ring (bicyclic) bond motifs is 1. The minimum absolute atomic E-state index is 0.205. The molecule has 0 saturated carbocycles. The molecule has 0 unspecified atom stereocenters. The molecule has 2 aromatic carbocycles. The van der Waals surface area contributed by atoms with Crippen molar-refractivity contribution in [2.24, 2.45) is 5.92 Å². The summed E-state index contributed by atoms with van der Waals surface area (Å²) in [6, 6.07) is 22.4. The van der Waals surface area contributed by atoms with E-state index >= 15 is 0 Å². The molecule has 2 amide bonds. The number of para-hydroxylation sites is 1. The van der Waals surface area contributed by atoms with Crippen LogP contribution in [-0.4, -0.2) is 27.8 Å². The molecule has 0 spiro atoms. The molecule has 0 N–H and O–H groups in total. The number of carbonyl (C=O) groups is 2. The molecule has 2 fully saturated rings. The summed E-state index contributed by atoms with van der Waals surface area (Å²) >= 11 is 0. The van der Waals surface area contributed by atoms with Gasteiger partial charge in [-0.15, -0.1) is 0 Å². The van der Waals surface area contributed by atoms with Crippen molar-refractivity contribution >= 4 is 17.5 Å². The second-order valence-electron chi connectivity index (χ2n) is 7.19. The summed E-state index contributed by atoms with van der Waals surface area (Å²) in [6.45, 7) is 0.253. The lowest BCUT2D eigenvalue weighted by atomic mass is 9.91. The number of hydrogen-bond acceptors (Lipinski definition) is 5. The Morgan fingerprint density at radius 1 is 0.828 bits per heavy atom. The second-order valence-corrected chi connectivity index (χ2v) is 7.19. The van der Waals surface area contributed by atoms with E-state index in [0.29, 0.717) is 0 Å². The van der Waals surface area contributed by atoms with Crippen LogP contribution in [0.5, 0.6) is 0 Å². The second kappa shape index (κ2) is 7.14. The lowest BCUT2D eigenvalue weighted by Crippen LogP contribution is -2.36. The summed E-state index contributed by atoms with van der Waals surface area (Å²) in [4.78, 5) is 37.9. The normalized spacial score (nSPS) is 23.5. The molecule has 5 rings (SSSR count). The van der Waals surface area contributed by atoms with Crippen molar-refractivity contribution in [1.29, 1.82) is 0 Å². The van der Waals surface area contributed by atoms with E-state index in [1.807, 2.05) is 72.8 Å². The molecule has 1 aromatic heterocycles. The van der Waals surface area contributed by atoms with Gasteiger partial charge in [0.1, 0.15) is 5.92 Å². The minimum atomic E-state index is -0.829. The smallest absolute Gasteiger partial charge is 0.262 e. The Morgan fingerprint density at radius 3 is 2.17 bits per heavy atom. The van der Waals surface area contributed by atoms with Gasteiger partial charge in [0.25, 0.3) is 5.91 Å². The van der Waals surface area contributed by atoms with E-state index in [2.05, 4.69) is 4.98 Å². The van der Waals surface area contributed by atoms with Crippen molar-refractivity contribution in [2.75, 3.05) is 5.06 Å². The van der Waals surface area contributed by atoms with Crippen LogP contribution in [0.2, 0.25) is 0 Å². The van der Waals surface area contributed by atoms with Crippen LogP contribution in [0.4, 0.5) is 5.69 Å². The molecule has 2 aliphatic rings. The van der Waals surface area contributed by atoms with Gasteiger partial charge in [-0.05, 0) is 35.4 Å². The average molecular weight is 385 g/mol. The topological polar surface area (TPSA) is 62.7 Å². The lowest BCUT2D eigenvalue weighted by molar-refractivity contribution is -0.143. The highest BCUT2D eigenvalue weighted by atomic mass is 16.7. The number of imide groups is 1. The van der Waals surface area contributed by atoms with E-state index < -0.39 is 18.1 Å². The average Bonchev–Trinajstić information content (AvgIpc) is 3.28. The number of amides is 2. The Balaban J connectivity index is 1.52. The van der Waals surface area contributed by atoms with Crippen LogP contribution in [0.25, 0.3) is 0 Å². The maximum atomic E-state index is 13.3. The number of hydroxylamine groups is 1. The molecule has 0 bridgehead atoms. The fraction of sp³-hybridized carbons (Fsp3) is 0.174. The Kier molecular flexibility index (Phi) is 4.33. The highest BCUT2D eigenvalue weighted by Gasteiger charge is 2.59. The van der Waals surface area contributed by atoms with E-state index in [1.54, 1.807) is 17.5 Å². The number of aromatic nitrogens is 1. The molecular weight excluding hydrogens is 366 g/mol. The van der Waals surface area contributed by atoms with Crippen molar-refractivity contribution in [3.05, 3.63) is 96.3 Å². The Bertz CT molecular complexity index is 1030. The number of anilines is 1. The van der Waals surface area contributed by atoms with Gasteiger partial charge in [-0.2, -0.15) is 0 Å². The summed E-state index contributed by atoms with van der Waals surface area (Å²) < 4.78 is 0. The number of hydrogen-bond donors (Lipinski definition) is 0. The fourth-order valence-corrected chi connectivity index (χ4v) is 4.09. The first kappa shape index (κ1) is 17.6. The van der Waals surface area contributed by atoms with E-state index in [9.17, 15) is 9.59 Å². The number of pyridine rings is 1. The lowest BCUT2D eigenvalue weighted by Gasteiger charge is -2.28. The predicted octanol–water partition coefficient (Wildman–Crippen LogP) is 3.13. The standard InChI is InChI=1S/C23H19N3O3/c27-22-19-20(17-11-13-24-14-12-17)26(18-9-5-2-6-10-18)29-21(19)23(28)25(22)15-16-7-3-1-4-8-16/h1-14,19-21H,15H2/t19-,20-,21-/m1/s1. The van der Waals surface area contributed by atoms with Crippen molar-refractivity contribution in [1.82, 2.24) is 9.88 Å². The first-order chi connectivity index (χ1) is 14.2. The maximum absolute atomic E-state index is 13.3. The Morgan fingerprint density at radius 2 is 1.48 bits per heavy atom. The molecule has 6 heteroatoms. The quantitative estimate of drug-likeness (QED) is 0.646. The summed E-state index contributed by atoms with van der Waals surface area (Å²) in [6.07, 6.45) is 2.55. The van der Waals surface area contributed by atoms with E-state index in [1.165, 1.54) is 4.90 Å². The SMILES string of the molecule is O=C1[C@@H]2[C@@H](c3ccncc3)N(c3ccccc3)O[C@H]2C(=O)N1Cc1ccccc1. The summed E-state index contributed by atoms with van der Waals surface area (Å²) in [7, 11) is 0. The molecule has 29 heavy (non-hydrogen) atoms. The van der Waals surface area contributed by atoms with Crippen molar-refractivity contribution in [3.8, 4) is 0 Å². The zero-order valence-electron chi connectivity index (χ0n) is 15.6. The van der Waals surface area contributed by atoms with Gasteiger partial charge in [0.05, 0.1) is 18.3 Å². The summed E-state index contributed by atoms with van der Waals surface area (Å²) in [5.74, 6) is -1.10. The van der Waals surface area contributed by atoms with Crippen molar-refractivity contribution < 1.29 is 14.4 Å². The van der Waals surface area contributed by atoms with Crippen LogP contribution in [0.1, 0.15) is 17.2 Å². The first-order valence-electron chi connectivity index (χ1n) is 9.54. The number of carbonyl (C=O) groups excluding carboxylic acids is 2. The molecule has 2 aliphatic heterocycles. The van der Waals surface area contributed by atoms with Crippen LogP contribution in [0.3, 0.4) is 0 Å². The Hall–Kier alpha value is -3.51. The van der Waals surface area contributed by atoms with Crippen LogP contribution in [0.15, 0.2) is 85.2 Å². The minimum Gasteiger partial charge on any atom is -0.275 e. The van der Waals surface area contributed by atoms with E-state index in [4.69, 9.17) is 4.84 Å². The van der Waals surface area contributed by atoms with E-state index in [-0.39, 0.29) is 18.4 Å². The van der Waals surface area contributed by atoms with Crippen LogP contribution in [0, 0.1) is 5.92 Å². The highest BCUT2D eigenvalue weighted by molar-refractivity contribution is 6.07. The Labute approximate surface area is 168 Å². The molecule has 144 valence electrons. The van der Waals surface area contributed by atoms with Gasteiger partial charge in [0.2, 0.25) is 5.91 Å². The molecule has 3 atom stereocenters. The van der Waals surface area contributed by atoms with Crippen molar-refractivity contribution in [3.63, 3.8) is 0 Å². The van der Waals surface area contributed by atoms with Gasteiger partial charge in [-0.1, -0.05) is 48.5 Å². The molecule has 6 nitrogen and oxygen atoms in total. The van der Waals surface area contributed by atoms with Crippen molar-refractivity contribution in [2.45, 2.75) is 18.7 Å². The molecule has 2 saturated heterocycles. The maximum Gasteiger partial charge on any atom is 0.262 e. The fourth-order valence-electron chi connectivity index (χ4n) is 4.09. The van der Waals surface area contributed by atoms with Crippen LogP contribution in [-0.2, 0) is 21.0 Å². The molecule has 3 heterocycles. The summed E-state index contributed by atoms with van der Waals surface area (Å²) in [5, 5.41) is 1.69. The van der Waals surface area contributed by atoms with Gasteiger partial charge in [0.15, 0.2) is 6.10 Å². The van der Waals surface area contributed by atoms with Gasteiger partial charge >= 0.3 is 0 Å². The molecule has 3 aromatic rings. The van der Waals surface area contributed by atoms with E-state index in [0.717, 1.165) is 16.8 Å². The summed E-state index contributed by atoms with van der Waals surface area (Å²) in [5.41, 5.74) is 2.60. The third-order valence-corrected chi connectivity index (χ3v) is 5.45. The molecule has 0 aliphatic carbocycles. The molecular formula is C23H19N3O3. The predicted molar refractivity (Wildman–Crippen MR) is 106 cm³/mol. The van der Waals surface area contributed by atoms with Crippen LogP contribution >= 0.6 is 0 Å². The number of likely N-dealkylation sites (tertiary alicyclic amines) is 1. The third kappa shape index (κ3) is 2.98. The van der Waals surface area contributed by atoms with Gasteiger partial charge in [0, 0.05) is 12.4 Å². The molecule has 0 radical (unpaired) electrons. The largest absolute Gasteiger partial charge is 0.275 e. The zero-order chi connectivity index (χ0) is 19.8. The zero-order valence-corrected chi connectivity index (χ0v) is 15.6.